The summed E-state index contributed by atoms with van der Waals surface area (Å²) in [6.07, 6.45) is 7.37. The molecule has 0 aromatic heterocycles. The van der Waals surface area contributed by atoms with E-state index >= 15 is 0 Å². The van der Waals surface area contributed by atoms with Crippen LogP contribution < -0.4 is 0 Å². The van der Waals surface area contributed by atoms with E-state index in [0.29, 0.717) is 13.1 Å². The molecule has 0 saturated carbocycles. The van der Waals surface area contributed by atoms with Gasteiger partial charge in [0.25, 0.3) is 0 Å². The highest BCUT2D eigenvalue weighted by Crippen LogP contribution is 2.31. The average Bonchev–Trinajstić information content (AvgIpc) is 2.57. The normalized spacial score (nSPS) is 28.0. The molecule has 1 saturated heterocycles. The van der Waals surface area contributed by atoms with Gasteiger partial charge in [-0.2, -0.15) is 0 Å². The summed E-state index contributed by atoms with van der Waals surface area (Å²) in [6.45, 7) is 6.56. The summed E-state index contributed by atoms with van der Waals surface area (Å²) in [5, 5.41) is 10.3. The second-order valence-electron chi connectivity index (χ2n) is 6.94. The minimum Gasteiger partial charge on any atom is -0.444 e. The van der Waals surface area contributed by atoms with Crippen LogP contribution in [0.3, 0.4) is 0 Å². The summed E-state index contributed by atoms with van der Waals surface area (Å²) in [5.74, 6) is 0.0978. The van der Waals surface area contributed by atoms with Crippen molar-refractivity contribution in [1.29, 1.82) is 0 Å². The van der Waals surface area contributed by atoms with E-state index in [1.165, 1.54) is 24.8 Å². The number of β-amino-alcohol motifs (C(OH)–C–C–N with tert-alkyl or cyclic N) is 1. The van der Waals surface area contributed by atoms with Crippen LogP contribution in [0.25, 0.3) is 0 Å². The minimum atomic E-state index is -0.484. The highest BCUT2D eigenvalue weighted by molar-refractivity contribution is 5.68. The SMILES string of the molecule is CC(C)(C)OC(=O)N1C[C@@H](O)[C@H](C2=CCCCCC2)C1. The lowest BCUT2D eigenvalue weighted by Crippen LogP contribution is -2.35. The van der Waals surface area contributed by atoms with Gasteiger partial charge < -0.3 is 14.7 Å². The third-order valence-electron chi connectivity index (χ3n) is 3.99. The number of amides is 1. The minimum absolute atomic E-state index is 0.0978. The molecule has 0 aromatic rings. The van der Waals surface area contributed by atoms with Gasteiger partial charge in [0.1, 0.15) is 5.60 Å². The quantitative estimate of drug-likeness (QED) is 0.751. The third kappa shape index (κ3) is 3.98. The van der Waals surface area contributed by atoms with Crippen LogP contribution in [0.1, 0.15) is 52.9 Å². The van der Waals surface area contributed by atoms with E-state index in [9.17, 15) is 9.90 Å². The standard InChI is InChI=1S/C16H27NO3/c1-16(2,3)20-15(19)17-10-13(14(18)11-17)12-8-6-4-5-7-9-12/h8,13-14,18H,4-7,9-11H2,1-3H3/t13-,14+/m0/s1. The lowest BCUT2D eigenvalue weighted by atomic mass is 9.92. The Labute approximate surface area is 121 Å². The van der Waals surface area contributed by atoms with Crippen molar-refractivity contribution < 1.29 is 14.6 Å². The molecule has 2 aliphatic rings. The lowest BCUT2D eigenvalue weighted by Gasteiger charge is -2.24. The van der Waals surface area contributed by atoms with Crippen LogP contribution in [0, 0.1) is 5.92 Å². The first-order valence-electron chi connectivity index (χ1n) is 7.72. The summed E-state index contributed by atoms with van der Waals surface area (Å²) in [5.41, 5.74) is 0.850. The number of rotatable bonds is 1. The van der Waals surface area contributed by atoms with Gasteiger partial charge in [0.2, 0.25) is 0 Å². The van der Waals surface area contributed by atoms with Crippen molar-refractivity contribution in [3.8, 4) is 0 Å². The summed E-state index contributed by atoms with van der Waals surface area (Å²) in [4.78, 5) is 13.7. The Morgan fingerprint density at radius 3 is 2.75 bits per heavy atom. The van der Waals surface area contributed by atoms with Crippen LogP contribution >= 0.6 is 0 Å². The zero-order chi connectivity index (χ0) is 14.8. The number of hydrogen-bond acceptors (Lipinski definition) is 3. The van der Waals surface area contributed by atoms with Gasteiger partial charge >= 0.3 is 6.09 Å². The molecular weight excluding hydrogens is 254 g/mol. The Hall–Kier alpha value is -1.03. The number of nitrogens with zero attached hydrogens (tertiary/aromatic N) is 1. The van der Waals surface area contributed by atoms with Gasteiger partial charge in [0.15, 0.2) is 0 Å². The van der Waals surface area contributed by atoms with E-state index in [4.69, 9.17) is 4.74 Å². The fraction of sp³-hybridized carbons (Fsp3) is 0.812. The molecular formula is C16H27NO3. The Kier molecular flexibility index (Phi) is 4.74. The number of aliphatic hydroxyl groups excluding tert-OH is 1. The van der Waals surface area contributed by atoms with E-state index < -0.39 is 11.7 Å². The van der Waals surface area contributed by atoms with Crippen LogP contribution in [-0.2, 0) is 4.74 Å². The fourth-order valence-electron chi connectivity index (χ4n) is 3.00. The molecule has 1 fully saturated rings. The third-order valence-corrected chi connectivity index (χ3v) is 3.99. The van der Waals surface area contributed by atoms with Gasteiger partial charge in [-0.1, -0.05) is 18.1 Å². The first-order chi connectivity index (χ1) is 9.37. The first-order valence-corrected chi connectivity index (χ1v) is 7.72. The Bertz CT molecular complexity index is 384. The molecule has 0 radical (unpaired) electrons. The molecule has 2 rings (SSSR count). The average molecular weight is 281 g/mol. The number of hydrogen-bond donors (Lipinski definition) is 1. The highest BCUT2D eigenvalue weighted by atomic mass is 16.6. The van der Waals surface area contributed by atoms with E-state index in [2.05, 4.69) is 6.08 Å². The van der Waals surface area contributed by atoms with E-state index in [0.717, 1.165) is 12.8 Å². The molecule has 0 spiro atoms. The Morgan fingerprint density at radius 1 is 1.30 bits per heavy atom. The highest BCUT2D eigenvalue weighted by Gasteiger charge is 2.37. The predicted octanol–water partition coefficient (Wildman–Crippen LogP) is 3.10. The van der Waals surface area contributed by atoms with Crippen LogP contribution in [0.15, 0.2) is 11.6 Å². The van der Waals surface area contributed by atoms with Crippen LogP contribution in [0.5, 0.6) is 0 Å². The Balaban J connectivity index is 1.98. The van der Waals surface area contributed by atoms with Gasteiger partial charge in [-0.05, 0) is 46.5 Å². The molecule has 1 N–H and O–H groups in total. The number of carbonyl (C=O) groups excluding carboxylic acids is 1. The maximum atomic E-state index is 12.1. The molecule has 20 heavy (non-hydrogen) atoms. The molecule has 1 amide bonds. The zero-order valence-electron chi connectivity index (χ0n) is 12.9. The zero-order valence-corrected chi connectivity index (χ0v) is 12.9. The monoisotopic (exact) mass is 281 g/mol. The second kappa shape index (κ2) is 6.17. The molecule has 1 heterocycles. The fourth-order valence-corrected chi connectivity index (χ4v) is 3.00. The molecule has 4 nitrogen and oxygen atoms in total. The largest absolute Gasteiger partial charge is 0.444 e. The molecule has 0 unspecified atom stereocenters. The summed E-state index contributed by atoms with van der Waals surface area (Å²) >= 11 is 0. The maximum absolute atomic E-state index is 12.1. The van der Waals surface area contributed by atoms with E-state index in [-0.39, 0.29) is 12.0 Å². The van der Waals surface area contributed by atoms with Crippen molar-refractivity contribution in [2.24, 2.45) is 5.92 Å². The van der Waals surface area contributed by atoms with Gasteiger partial charge in [0, 0.05) is 12.5 Å². The van der Waals surface area contributed by atoms with Crippen molar-refractivity contribution in [3.05, 3.63) is 11.6 Å². The number of aliphatic hydroxyl groups is 1. The smallest absolute Gasteiger partial charge is 0.410 e. The number of likely N-dealkylation sites (tertiary alicyclic amines) is 1. The van der Waals surface area contributed by atoms with Gasteiger partial charge in [-0.25, -0.2) is 4.79 Å². The molecule has 114 valence electrons. The number of allylic oxidation sites excluding steroid dienone is 1. The van der Waals surface area contributed by atoms with Gasteiger partial charge in [-0.3, -0.25) is 0 Å². The van der Waals surface area contributed by atoms with Crippen molar-refractivity contribution in [3.63, 3.8) is 0 Å². The summed E-state index contributed by atoms with van der Waals surface area (Å²) in [6, 6.07) is 0. The Morgan fingerprint density at radius 2 is 2.05 bits per heavy atom. The summed E-state index contributed by atoms with van der Waals surface area (Å²) in [7, 11) is 0. The molecule has 1 aliphatic heterocycles. The molecule has 1 aliphatic carbocycles. The van der Waals surface area contributed by atoms with Crippen molar-refractivity contribution in [2.75, 3.05) is 13.1 Å². The number of carbonyl (C=O) groups is 1. The predicted molar refractivity (Wildman–Crippen MR) is 78.5 cm³/mol. The summed E-state index contributed by atoms with van der Waals surface area (Å²) < 4.78 is 5.39. The molecule has 0 aromatic carbocycles. The van der Waals surface area contributed by atoms with Crippen LogP contribution in [0.2, 0.25) is 0 Å². The van der Waals surface area contributed by atoms with Crippen molar-refractivity contribution in [1.82, 2.24) is 4.90 Å². The van der Waals surface area contributed by atoms with Crippen LogP contribution in [0.4, 0.5) is 4.79 Å². The molecule has 4 heteroatoms. The number of ether oxygens (including phenoxy) is 1. The lowest BCUT2D eigenvalue weighted by molar-refractivity contribution is 0.0270. The molecule has 0 bridgehead atoms. The van der Waals surface area contributed by atoms with E-state index in [1.807, 2.05) is 20.8 Å². The molecule has 2 atom stereocenters. The van der Waals surface area contributed by atoms with Gasteiger partial charge in [0.05, 0.1) is 12.6 Å². The van der Waals surface area contributed by atoms with Crippen LogP contribution in [-0.4, -0.2) is 40.9 Å². The maximum Gasteiger partial charge on any atom is 0.410 e. The van der Waals surface area contributed by atoms with Crippen molar-refractivity contribution >= 4 is 6.09 Å². The van der Waals surface area contributed by atoms with Gasteiger partial charge in [-0.15, -0.1) is 0 Å². The second-order valence-corrected chi connectivity index (χ2v) is 6.94. The van der Waals surface area contributed by atoms with Crippen molar-refractivity contribution in [2.45, 2.75) is 64.6 Å². The topological polar surface area (TPSA) is 49.8 Å². The van der Waals surface area contributed by atoms with E-state index in [1.54, 1.807) is 4.90 Å². The first kappa shape index (κ1) is 15.4.